The molecule has 0 spiro atoms. The van der Waals surface area contributed by atoms with Crippen molar-refractivity contribution in [3.8, 4) is 0 Å². The molecule has 0 aliphatic rings. The van der Waals surface area contributed by atoms with Gasteiger partial charge in [0.2, 0.25) is 0 Å². The first kappa shape index (κ1) is 13.3. The van der Waals surface area contributed by atoms with Crippen LogP contribution in [0.2, 0.25) is 0 Å². The van der Waals surface area contributed by atoms with Crippen molar-refractivity contribution in [1.29, 1.82) is 0 Å². The monoisotopic (exact) mass is 239 g/mol. The zero-order chi connectivity index (χ0) is 12.8. The van der Waals surface area contributed by atoms with Gasteiger partial charge < -0.3 is 10.4 Å². The molecule has 0 saturated heterocycles. The van der Waals surface area contributed by atoms with Gasteiger partial charge in [-0.05, 0) is 13.0 Å². The number of hydrogen-bond acceptors (Lipinski definition) is 3. The van der Waals surface area contributed by atoms with Crippen LogP contribution in [0.4, 0.5) is 4.39 Å². The van der Waals surface area contributed by atoms with Crippen LogP contribution < -0.4 is 5.32 Å². The molecule has 0 heterocycles. The molecule has 2 N–H and O–H groups in total. The maximum atomic E-state index is 13.3. The standard InChI is InChI=1S/C12H14FNO3/c1-8(15)11(6-12(16)17)14-7-9-4-2-3-5-10(9)13/h2-5,11,14H,6-7H2,1H3,(H,16,17). The van der Waals surface area contributed by atoms with Gasteiger partial charge in [0, 0.05) is 12.1 Å². The Morgan fingerprint density at radius 2 is 2.06 bits per heavy atom. The van der Waals surface area contributed by atoms with Gasteiger partial charge in [0.15, 0.2) is 0 Å². The number of carbonyl (C=O) groups is 2. The van der Waals surface area contributed by atoms with Gasteiger partial charge in [0.05, 0.1) is 12.5 Å². The summed E-state index contributed by atoms with van der Waals surface area (Å²) in [4.78, 5) is 21.7. The first-order valence-electron chi connectivity index (χ1n) is 5.19. The zero-order valence-electron chi connectivity index (χ0n) is 9.44. The Morgan fingerprint density at radius 3 is 2.59 bits per heavy atom. The van der Waals surface area contributed by atoms with Crippen LogP contribution >= 0.6 is 0 Å². The number of ketones is 1. The molecule has 92 valence electrons. The Labute approximate surface area is 98.5 Å². The summed E-state index contributed by atoms with van der Waals surface area (Å²) in [5.41, 5.74) is 0.407. The molecule has 1 aromatic rings. The maximum absolute atomic E-state index is 13.3. The molecule has 1 rings (SSSR count). The molecule has 0 aliphatic carbocycles. The highest BCUT2D eigenvalue weighted by atomic mass is 19.1. The van der Waals surface area contributed by atoms with Gasteiger partial charge in [0.25, 0.3) is 0 Å². The molecule has 5 heteroatoms. The van der Waals surface area contributed by atoms with Gasteiger partial charge in [0.1, 0.15) is 11.6 Å². The van der Waals surface area contributed by atoms with E-state index in [0.29, 0.717) is 5.56 Å². The summed E-state index contributed by atoms with van der Waals surface area (Å²) in [6, 6.07) is 5.36. The quantitative estimate of drug-likeness (QED) is 0.786. The van der Waals surface area contributed by atoms with Gasteiger partial charge >= 0.3 is 5.97 Å². The molecular formula is C12H14FNO3. The number of aliphatic carboxylic acids is 1. The van der Waals surface area contributed by atoms with Crippen molar-refractivity contribution >= 4 is 11.8 Å². The fraction of sp³-hybridized carbons (Fsp3) is 0.333. The molecule has 0 saturated carbocycles. The highest BCUT2D eigenvalue weighted by Crippen LogP contribution is 2.06. The van der Waals surface area contributed by atoms with E-state index in [1.54, 1.807) is 18.2 Å². The van der Waals surface area contributed by atoms with Crippen LogP contribution in [-0.4, -0.2) is 22.9 Å². The number of nitrogens with one attached hydrogen (secondary N) is 1. The number of halogens is 1. The topological polar surface area (TPSA) is 66.4 Å². The SMILES string of the molecule is CC(=O)C(CC(=O)O)NCc1ccccc1F. The van der Waals surface area contributed by atoms with Crippen molar-refractivity contribution in [2.24, 2.45) is 0 Å². The molecule has 0 fully saturated rings. The number of carboxylic acid groups (broad SMARTS) is 1. The third-order valence-electron chi connectivity index (χ3n) is 2.37. The lowest BCUT2D eigenvalue weighted by molar-refractivity contribution is -0.139. The Hall–Kier alpha value is -1.75. The van der Waals surface area contributed by atoms with E-state index in [-0.39, 0.29) is 24.6 Å². The largest absolute Gasteiger partial charge is 0.481 e. The smallest absolute Gasteiger partial charge is 0.305 e. The van der Waals surface area contributed by atoms with Crippen LogP contribution in [0.15, 0.2) is 24.3 Å². The Balaban J connectivity index is 2.61. The van der Waals surface area contributed by atoms with Gasteiger partial charge in [-0.2, -0.15) is 0 Å². The summed E-state index contributed by atoms with van der Waals surface area (Å²) in [7, 11) is 0. The summed E-state index contributed by atoms with van der Waals surface area (Å²) < 4.78 is 13.3. The van der Waals surface area contributed by atoms with Crippen LogP contribution in [0.5, 0.6) is 0 Å². The number of rotatable bonds is 6. The molecule has 0 amide bonds. The first-order valence-corrected chi connectivity index (χ1v) is 5.19. The van der Waals surface area contributed by atoms with Crippen LogP contribution in [0.1, 0.15) is 18.9 Å². The fourth-order valence-electron chi connectivity index (χ4n) is 1.41. The van der Waals surface area contributed by atoms with Gasteiger partial charge in [-0.25, -0.2) is 4.39 Å². The summed E-state index contributed by atoms with van der Waals surface area (Å²) in [6.45, 7) is 1.44. The molecule has 0 bridgehead atoms. The highest BCUT2D eigenvalue weighted by molar-refractivity contribution is 5.85. The Bertz CT molecular complexity index is 420. The van der Waals surface area contributed by atoms with Gasteiger partial charge in [-0.3, -0.25) is 9.59 Å². The third kappa shape index (κ3) is 4.32. The average Bonchev–Trinajstić information content (AvgIpc) is 2.25. The van der Waals surface area contributed by atoms with E-state index in [0.717, 1.165) is 0 Å². The minimum absolute atomic E-state index is 0.129. The normalized spacial score (nSPS) is 12.1. The Morgan fingerprint density at radius 1 is 1.41 bits per heavy atom. The number of Topliss-reactive ketones (excluding diaryl/α,β-unsaturated/α-hetero) is 1. The number of carboxylic acids is 1. The second kappa shape index (κ2) is 6.10. The lowest BCUT2D eigenvalue weighted by atomic mass is 10.1. The summed E-state index contributed by atoms with van der Waals surface area (Å²) >= 11 is 0. The van der Waals surface area contributed by atoms with Crippen molar-refractivity contribution in [2.45, 2.75) is 25.9 Å². The minimum atomic E-state index is -1.06. The number of hydrogen-bond donors (Lipinski definition) is 2. The summed E-state index contributed by atoms with van der Waals surface area (Å²) in [5.74, 6) is -1.72. The molecule has 0 radical (unpaired) electrons. The van der Waals surface area contributed by atoms with E-state index in [4.69, 9.17) is 5.11 Å². The molecule has 1 aromatic carbocycles. The third-order valence-corrected chi connectivity index (χ3v) is 2.37. The number of carbonyl (C=O) groups excluding carboxylic acids is 1. The predicted molar refractivity (Wildman–Crippen MR) is 60.0 cm³/mol. The van der Waals surface area contributed by atoms with Crippen molar-refractivity contribution in [2.75, 3.05) is 0 Å². The predicted octanol–water partition coefficient (Wildman–Crippen LogP) is 1.35. The van der Waals surface area contributed by atoms with E-state index < -0.39 is 12.0 Å². The van der Waals surface area contributed by atoms with Crippen LogP contribution in [0.3, 0.4) is 0 Å². The molecule has 0 aliphatic heterocycles. The van der Waals surface area contributed by atoms with Crippen LogP contribution in [0, 0.1) is 5.82 Å². The Kier molecular flexibility index (Phi) is 4.78. The van der Waals surface area contributed by atoms with Gasteiger partial charge in [-0.1, -0.05) is 18.2 Å². The van der Waals surface area contributed by atoms with Crippen LogP contribution in [0.25, 0.3) is 0 Å². The minimum Gasteiger partial charge on any atom is -0.481 e. The first-order chi connectivity index (χ1) is 8.00. The van der Waals surface area contributed by atoms with Crippen LogP contribution in [-0.2, 0) is 16.1 Å². The zero-order valence-corrected chi connectivity index (χ0v) is 9.44. The lowest BCUT2D eigenvalue weighted by Gasteiger charge is -2.13. The van der Waals surface area contributed by atoms with Crippen molar-refractivity contribution in [3.63, 3.8) is 0 Å². The molecule has 4 nitrogen and oxygen atoms in total. The van der Waals surface area contributed by atoms with E-state index in [1.165, 1.54) is 13.0 Å². The van der Waals surface area contributed by atoms with Crippen molar-refractivity contribution < 1.29 is 19.1 Å². The van der Waals surface area contributed by atoms with Crippen molar-refractivity contribution in [1.82, 2.24) is 5.32 Å². The molecule has 1 atom stereocenters. The average molecular weight is 239 g/mol. The fourth-order valence-corrected chi connectivity index (χ4v) is 1.41. The maximum Gasteiger partial charge on any atom is 0.305 e. The second-order valence-corrected chi connectivity index (χ2v) is 3.73. The van der Waals surface area contributed by atoms with E-state index in [2.05, 4.69) is 5.32 Å². The molecular weight excluding hydrogens is 225 g/mol. The molecule has 1 unspecified atom stereocenters. The summed E-state index contributed by atoms with van der Waals surface area (Å²) in [6.07, 6.45) is -0.302. The van der Waals surface area contributed by atoms with Gasteiger partial charge in [-0.15, -0.1) is 0 Å². The second-order valence-electron chi connectivity index (χ2n) is 3.73. The van der Waals surface area contributed by atoms with E-state index in [9.17, 15) is 14.0 Å². The summed E-state index contributed by atoms with van der Waals surface area (Å²) in [5, 5.41) is 11.4. The lowest BCUT2D eigenvalue weighted by Crippen LogP contribution is -2.37. The molecule has 17 heavy (non-hydrogen) atoms. The highest BCUT2D eigenvalue weighted by Gasteiger charge is 2.17. The number of benzene rings is 1. The van der Waals surface area contributed by atoms with E-state index >= 15 is 0 Å². The molecule has 0 aromatic heterocycles. The van der Waals surface area contributed by atoms with Crippen molar-refractivity contribution in [3.05, 3.63) is 35.6 Å². The van der Waals surface area contributed by atoms with E-state index in [1.807, 2.05) is 0 Å².